The van der Waals surface area contributed by atoms with E-state index in [2.05, 4.69) is 56.4 Å². The van der Waals surface area contributed by atoms with E-state index in [1.54, 1.807) is 0 Å². The highest BCUT2D eigenvalue weighted by atomic mass is 16.3. The monoisotopic (exact) mass is 1070 g/mol. The van der Waals surface area contributed by atoms with Crippen LogP contribution in [0.1, 0.15) is 194 Å². The summed E-state index contributed by atoms with van der Waals surface area (Å²) in [6, 6.07) is -6.65. The Balaban J connectivity index is 3.36. The molecule has 0 aromatic rings. The molecule has 75 heavy (non-hydrogen) atoms. The first-order chi connectivity index (χ1) is 36.1. The number of hydrogen-bond acceptors (Lipinski definition) is 14. The predicted octanol–water partition coefficient (Wildman–Crippen LogP) is 0.874. The normalized spacial score (nSPS) is 20.3. The molecule has 0 bridgehead atoms. The Morgan fingerprint density at radius 3 is 1.40 bits per heavy atom. The van der Waals surface area contributed by atoms with Crippen LogP contribution in [0.15, 0.2) is 0 Å². The van der Waals surface area contributed by atoms with E-state index < -0.39 is 96.2 Å². The summed E-state index contributed by atoms with van der Waals surface area (Å²) in [7, 11) is 0. The summed E-state index contributed by atoms with van der Waals surface area (Å²) in [5, 5.41) is 32.7. The van der Waals surface area contributed by atoms with E-state index in [9.17, 15) is 43.5 Å². The molecule has 1 saturated heterocycles. The molecule has 0 spiro atoms. The van der Waals surface area contributed by atoms with Crippen molar-refractivity contribution in [1.29, 1.82) is 0 Å². The molecule has 434 valence electrons. The molecule has 0 aliphatic carbocycles. The summed E-state index contributed by atoms with van der Waals surface area (Å²) in [5.74, 6) is -4.09. The second kappa shape index (κ2) is 43.6. The van der Waals surface area contributed by atoms with Gasteiger partial charge in [0, 0.05) is 6.54 Å². The van der Waals surface area contributed by atoms with Gasteiger partial charge in [0.1, 0.15) is 36.3 Å². The summed E-state index contributed by atoms with van der Waals surface area (Å²) in [5.41, 5.74) is 28.9. The number of carbonyl (C=O) groups is 8. The van der Waals surface area contributed by atoms with Gasteiger partial charge in [-0.05, 0) is 161 Å². The number of nitrogens with two attached hydrogens (primary N) is 5. The number of rotatable bonds is 37. The highest BCUT2D eigenvalue weighted by Gasteiger charge is 2.33. The molecule has 0 aromatic heterocycles. The lowest BCUT2D eigenvalue weighted by Gasteiger charge is -2.28. The maximum atomic E-state index is 14.4. The zero-order valence-corrected chi connectivity index (χ0v) is 46.0. The van der Waals surface area contributed by atoms with Gasteiger partial charge in [0.25, 0.3) is 0 Å². The van der Waals surface area contributed by atoms with Gasteiger partial charge in [-0.15, -0.1) is 0 Å². The molecule has 0 aromatic carbocycles. The Morgan fingerprint density at radius 2 is 0.933 bits per heavy atom. The molecule has 1 rings (SSSR count). The molecule has 1 aliphatic rings. The van der Waals surface area contributed by atoms with E-state index in [0.717, 1.165) is 31.6 Å². The number of aliphatic hydroxyl groups is 1. The Labute approximate surface area is 448 Å². The fourth-order valence-electron chi connectivity index (χ4n) is 8.88. The fraction of sp³-hybridized carbons (Fsp3) is 0.849. The molecular weight excluding hydrogens is 963 g/mol. The summed E-state index contributed by atoms with van der Waals surface area (Å²) in [4.78, 5) is 110. The topological polar surface area (TPSA) is 383 Å². The highest BCUT2D eigenvalue weighted by molar-refractivity contribution is 5.97. The van der Waals surface area contributed by atoms with E-state index in [0.29, 0.717) is 116 Å². The molecular formula is C53H103N13O9. The molecule has 7 atom stereocenters. The van der Waals surface area contributed by atoms with Crippen molar-refractivity contribution in [3.8, 4) is 0 Å². The van der Waals surface area contributed by atoms with Crippen LogP contribution in [0.5, 0.6) is 0 Å². The van der Waals surface area contributed by atoms with Crippen LogP contribution in [0.25, 0.3) is 0 Å². The Morgan fingerprint density at radius 1 is 0.520 bits per heavy atom. The Hall–Kier alpha value is -4.48. The van der Waals surface area contributed by atoms with Gasteiger partial charge in [0.05, 0.1) is 19.1 Å². The molecule has 7 unspecified atom stereocenters. The van der Waals surface area contributed by atoms with Crippen LogP contribution in [-0.2, 0) is 38.4 Å². The van der Waals surface area contributed by atoms with Crippen molar-refractivity contribution in [3.63, 3.8) is 0 Å². The molecule has 1 heterocycles. The minimum absolute atomic E-state index is 0.0656. The van der Waals surface area contributed by atoms with Gasteiger partial charge in [-0.3, -0.25) is 38.4 Å². The lowest BCUT2D eigenvalue weighted by atomic mass is 10.0. The number of unbranched alkanes of at least 4 members (excludes halogenated alkanes) is 11. The smallest absolute Gasteiger partial charge is 0.243 e. The number of hydrogen-bond donors (Lipinski definition) is 14. The largest absolute Gasteiger partial charge is 0.393 e. The SMILES string of the molecule is CC(C)CCCCCCCCCC(O)CC(=O)NCC(=O)NC(CCCCN)C(=O)NC1CCCCNC(=O)C(CCCCN)NC(=O)C(CCCCN)NC(=O)C(CCCCN)NC(=O)C(CCCCN)NC1=O. The van der Waals surface area contributed by atoms with Crippen LogP contribution in [-0.4, -0.2) is 141 Å². The summed E-state index contributed by atoms with van der Waals surface area (Å²) < 4.78 is 0. The van der Waals surface area contributed by atoms with Gasteiger partial charge >= 0.3 is 0 Å². The standard InChI is InChI=1S/C53H103N13O9/c1-38(2)22-8-6-4-3-5-7-9-23-39(67)36-46(68)60-37-47(69)61-41(25-11-17-31-55)49(71)63-45-29-15-21-35-59-48(70)40(24-10-16-30-54)62-50(72)42(26-12-18-32-56)64-51(73)43(27-13-19-33-57)65-52(74)44(66-53(45)75)28-14-20-34-58/h38-45,67H,3-37,54-58H2,1-2H3,(H,59,70)(H,60,68)(H,61,69)(H,62,72)(H,63,71)(H,64,73)(H,65,74)(H,66,75). The van der Waals surface area contributed by atoms with Gasteiger partial charge in [0.2, 0.25) is 47.3 Å². The van der Waals surface area contributed by atoms with Crippen LogP contribution >= 0.6 is 0 Å². The van der Waals surface area contributed by atoms with Gasteiger partial charge in [-0.1, -0.05) is 65.2 Å². The van der Waals surface area contributed by atoms with Gasteiger partial charge < -0.3 is 76.3 Å². The average Bonchev–Trinajstić information content (AvgIpc) is 3.37. The van der Waals surface area contributed by atoms with E-state index in [-0.39, 0.29) is 51.5 Å². The van der Waals surface area contributed by atoms with Crippen LogP contribution in [0.4, 0.5) is 0 Å². The average molecular weight is 1070 g/mol. The number of amides is 8. The highest BCUT2D eigenvalue weighted by Crippen LogP contribution is 2.15. The van der Waals surface area contributed by atoms with Crippen LogP contribution < -0.4 is 71.2 Å². The zero-order valence-electron chi connectivity index (χ0n) is 46.0. The van der Waals surface area contributed by atoms with E-state index in [1.165, 1.54) is 25.7 Å². The first kappa shape index (κ1) is 68.5. The minimum Gasteiger partial charge on any atom is -0.393 e. The van der Waals surface area contributed by atoms with Gasteiger partial charge in [-0.2, -0.15) is 0 Å². The minimum atomic E-state index is -1.22. The number of aliphatic hydroxyl groups excluding tert-OH is 1. The third-order valence-corrected chi connectivity index (χ3v) is 13.5. The lowest BCUT2D eigenvalue weighted by Crippen LogP contribution is -2.59. The molecule has 1 aliphatic heterocycles. The molecule has 0 saturated carbocycles. The van der Waals surface area contributed by atoms with Crippen molar-refractivity contribution < 1.29 is 43.5 Å². The van der Waals surface area contributed by atoms with Crippen LogP contribution in [0.3, 0.4) is 0 Å². The summed E-state index contributed by atoms with van der Waals surface area (Å²) in [6.07, 6.45) is 15.3. The first-order valence-electron chi connectivity index (χ1n) is 28.6. The number of carbonyl (C=O) groups excluding carboxylic acids is 8. The lowest BCUT2D eigenvalue weighted by molar-refractivity contribution is -0.135. The van der Waals surface area contributed by atoms with E-state index >= 15 is 0 Å². The number of nitrogens with one attached hydrogen (secondary N) is 8. The van der Waals surface area contributed by atoms with Gasteiger partial charge in [0.15, 0.2) is 0 Å². The Kier molecular flexibility index (Phi) is 39.8. The second-order valence-corrected chi connectivity index (χ2v) is 20.7. The zero-order chi connectivity index (χ0) is 55.6. The molecule has 8 amide bonds. The van der Waals surface area contributed by atoms with E-state index in [4.69, 9.17) is 28.7 Å². The summed E-state index contributed by atoms with van der Waals surface area (Å²) in [6.45, 7) is 5.93. The van der Waals surface area contributed by atoms with Crippen LogP contribution in [0.2, 0.25) is 0 Å². The predicted molar refractivity (Wildman–Crippen MR) is 293 cm³/mol. The third kappa shape index (κ3) is 33.3. The van der Waals surface area contributed by atoms with Crippen molar-refractivity contribution >= 4 is 47.3 Å². The van der Waals surface area contributed by atoms with Crippen LogP contribution in [0, 0.1) is 5.92 Å². The maximum Gasteiger partial charge on any atom is 0.243 e. The van der Waals surface area contributed by atoms with Crippen molar-refractivity contribution in [2.24, 2.45) is 34.6 Å². The van der Waals surface area contributed by atoms with Gasteiger partial charge in [-0.25, -0.2) is 0 Å². The third-order valence-electron chi connectivity index (χ3n) is 13.5. The van der Waals surface area contributed by atoms with Crippen molar-refractivity contribution in [2.45, 2.75) is 236 Å². The van der Waals surface area contributed by atoms with Crippen molar-refractivity contribution in [1.82, 2.24) is 42.5 Å². The van der Waals surface area contributed by atoms with E-state index in [1.807, 2.05) is 0 Å². The van der Waals surface area contributed by atoms with Crippen molar-refractivity contribution in [3.05, 3.63) is 0 Å². The molecule has 19 N–H and O–H groups in total. The van der Waals surface area contributed by atoms with Crippen molar-refractivity contribution in [2.75, 3.05) is 45.8 Å². The molecule has 22 heteroatoms. The molecule has 22 nitrogen and oxygen atoms in total. The second-order valence-electron chi connectivity index (χ2n) is 20.7. The molecule has 1 fully saturated rings. The maximum absolute atomic E-state index is 14.4. The Bertz CT molecular complexity index is 1630. The first-order valence-corrected chi connectivity index (χ1v) is 28.6. The molecule has 0 radical (unpaired) electrons. The quantitative estimate of drug-likeness (QED) is 0.0384. The fourth-order valence-corrected chi connectivity index (χ4v) is 8.88. The summed E-state index contributed by atoms with van der Waals surface area (Å²) >= 11 is 0.